The Morgan fingerprint density at radius 1 is 0.700 bits per heavy atom. The number of hydrogen-bond donors (Lipinski definition) is 0. The van der Waals surface area contributed by atoms with E-state index in [2.05, 4.69) is 47.4 Å². The van der Waals surface area contributed by atoms with Crippen LogP contribution in [0, 0.1) is 0 Å². The van der Waals surface area contributed by atoms with Gasteiger partial charge in [0.15, 0.2) is 0 Å². The minimum absolute atomic E-state index is 0.0729. The summed E-state index contributed by atoms with van der Waals surface area (Å²) in [5.74, 6) is -0.0729. The van der Waals surface area contributed by atoms with Crippen molar-refractivity contribution < 1.29 is 13.2 Å². The first-order valence-electron chi connectivity index (χ1n) is 14.8. The average molecular weight is 560 g/mol. The smallest absolute Gasteiger partial charge is 0.243 e. The van der Waals surface area contributed by atoms with Gasteiger partial charge in [-0.3, -0.25) is 4.79 Å². The number of carbonyl (C=O) groups is 1. The Labute approximate surface area is 239 Å². The third-order valence-corrected chi connectivity index (χ3v) is 10.1. The van der Waals surface area contributed by atoms with Gasteiger partial charge in [0.2, 0.25) is 15.9 Å². The molecule has 0 bridgehead atoms. The Morgan fingerprint density at radius 3 is 2.08 bits per heavy atom. The van der Waals surface area contributed by atoms with Crippen LogP contribution in [0.1, 0.15) is 62.5 Å². The molecule has 40 heavy (non-hydrogen) atoms. The Bertz CT molecular complexity index is 1350. The van der Waals surface area contributed by atoms with E-state index in [1.54, 1.807) is 24.3 Å². The SMILES string of the molecule is O=C(C1CCCN1S(=O)(=O)c1ccccc1)N1CCCCCCCCN(Cc2ccccc2)c2ccccc2C1. The fourth-order valence-electron chi connectivity index (χ4n) is 6.04. The van der Waals surface area contributed by atoms with E-state index in [0.717, 1.165) is 50.0 Å². The zero-order valence-corrected chi connectivity index (χ0v) is 24.1. The molecule has 1 saturated heterocycles. The molecule has 0 radical (unpaired) electrons. The topological polar surface area (TPSA) is 60.9 Å². The van der Waals surface area contributed by atoms with E-state index < -0.39 is 16.1 Å². The van der Waals surface area contributed by atoms with Gasteiger partial charge in [0, 0.05) is 38.4 Å². The normalized spacial score (nSPS) is 19.8. The van der Waals surface area contributed by atoms with Crippen molar-refractivity contribution in [3.05, 3.63) is 96.1 Å². The Morgan fingerprint density at radius 2 is 1.32 bits per heavy atom. The predicted molar refractivity (Wildman–Crippen MR) is 160 cm³/mol. The Kier molecular flexibility index (Phi) is 9.55. The number of nitrogens with zero attached hydrogens (tertiary/aromatic N) is 3. The molecule has 212 valence electrons. The largest absolute Gasteiger partial charge is 0.367 e. The van der Waals surface area contributed by atoms with Gasteiger partial charge in [0.05, 0.1) is 4.90 Å². The van der Waals surface area contributed by atoms with Crippen molar-refractivity contribution in [3.8, 4) is 0 Å². The molecule has 0 aromatic heterocycles. The summed E-state index contributed by atoms with van der Waals surface area (Å²) >= 11 is 0. The molecule has 3 aromatic rings. The van der Waals surface area contributed by atoms with Crippen LogP contribution in [-0.4, -0.2) is 49.2 Å². The highest BCUT2D eigenvalue weighted by atomic mass is 32.2. The lowest BCUT2D eigenvalue weighted by Gasteiger charge is -2.32. The first-order valence-corrected chi connectivity index (χ1v) is 16.2. The third kappa shape index (κ3) is 6.76. The van der Waals surface area contributed by atoms with E-state index in [1.165, 1.54) is 22.7 Å². The lowest BCUT2D eigenvalue weighted by Crippen LogP contribution is -2.47. The van der Waals surface area contributed by atoms with Gasteiger partial charge >= 0.3 is 0 Å². The van der Waals surface area contributed by atoms with Gasteiger partial charge < -0.3 is 9.80 Å². The molecule has 1 unspecified atom stereocenters. The van der Waals surface area contributed by atoms with Crippen LogP contribution in [0.3, 0.4) is 0 Å². The fourth-order valence-corrected chi connectivity index (χ4v) is 7.71. The predicted octanol–water partition coefficient (Wildman–Crippen LogP) is 6.23. The highest BCUT2D eigenvalue weighted by Crippen LogP contribution is 2.30. The summed E-state index contributed by atoms with van der Waals surface area (Å²) < 4.78 is 28.5. The molecule has 2 aliphatic rings. The summed E-state index contributed by atoms with van der Waals surface area (Å²) in [5.41, 5.74) is 3.53. The minimum atomic E-state index is -3.74. The molecule has 1 amide bonds. The second kappa shape index (κ2) is 13.5. The van der Waals surface area contributed by atoms with Crippen molar-refractivity contribution in [2.75, 3.05) is 24.5 Å². The van der Waals surface area contributed by atoms with E-state index >= 15 is 0 Å². The van der Waals surface area contributed by atoms with Crippen molar-refractivity contribution in [2.45, 2.75) is 75.4 Å². The molecule has 3 aromatic carbocycles. The number of carbonyl (C=O) groups excluding carboxylic acids is 1. The lowest BCUT2D eigenvalue weighted by atomic mass is 10.1. The number of rotatable bonds is 5. The van der Waals surface area contributed by atoms with Crippen LogP contribution in [0.2, 0.25) is 0 Å². The Hall–Kier alpha value is -3.16. The molecule has 1 fully saturated rings. The maximum absolute atomic E-state index is 14.2. The monoisotopic (exact) mass is 559 g/mol. The van der Waals surface area contributed by atoms with Crippen molar-refractivity contribution in [1.82, 2.24) is 9.21 Å². The Balaban J connectivity index is 1.43. The number of benzene rings is 3. The van der Waals surface area contributed by atoms with E-state index in [0.29, 0.717) is 32.5 Å². The molecule has 7 heteroatoms. The van der Waals surface area contributed by atoms with Crippen LogP contribution >= 0.6 is 0 Å². The summed E-state index contributed by atoms with van der Waals surface area (Å²) in [6.45, 7) is 3.28. The zero-order valence-electron chi connectivity index (χ0n) is 23.3. The third-order valence-electron chi connectivity index (χ3n) is 8.17. The van der Waals surface area contributed by atoms with Crippen LogP contribution in [0.15, 0.2) is 89.8 Å². The number of amides is 1. The standard InChI is InChI=1S/C33H41N3O3S/c37-33(32-22-15-25-36(32)40(38,39)30-19-9-6-10-20-30)35-24-14-4-2-1-3-13-23-34(26-28-16-7-5-8-17-28)31-21-12-11-18-29(31)27-35/h5-12,16-21,32H,1-4,13-15,22-27H2. The lowest BCUT2D eigenvalue weighted by molar-refractivity contribution is -0.135. The van der Waals surface area contributed by atoms with Crippen molar-refractivity contribution >= 4 is 21.6 Å². The van der Waals surface area contributed by atoms with Gasteiger partial charge in [0.1, 0.15) is 6.04 Å². The fraction of sp³-hybridized carbons (Fsp3) is 0.424. The summed E-state index contributed by atoms with van der Waals surface area (Å²) in [5, 5.41) is 0. The maximum atomic E-state index is 14.2. The zero-order chi connectivity index (χ0) is 27.8. The maximum Gasteiger partial charge on any atom is 0.243 e. The van der Waals surface area contributed by atoms with Crippen molar-refractivity contribution in [3.63, 3.8) is 0 Å². The van der Waals surface area contributed by atoms with Gasteiger partial charge in [0.25, 0.3) is 0 Å². The summed E-state index contributed by atoms with van der Waals surface area (Å²) in [6.07, 6.45) is 7.95. The number of hydrogen-bond acceptors (Lipinski definition) is 4. The van der Waals surface area contributed by atoms with Gasteiger partial charge in [-0.25, -0.2) is 8.42 Å². The molecule has 0 saturated carbocycles. The van der Waals surface area contributed by atoms with E-state index in [-0.39, 0.29) is 10.8 Å². The minimum Gasteiger partial charge on any atom is -0.367 e. The molecule has 2 aliphatic heterocycles. The quantitative estimate of drug-likeness (QED) is 0.372. The molecular formula is C33H41N3O3S. The van der Waals surface area contributed by atoms with Crippen molar-refractivity contribution in [2.24, 2.45) is 0 Å². The van der Waals surface area contributed by atoms with Crippen LogP contribution in [0.4, 0.5) is 5.69 Å². The molecule has 0 N–H and O–H groups in total. The second-order valence-corrected chi connectivity index (χ2v) is 12.9. The van der Waals surface area contributed by atoms with Gasteiger partial charge in [-0.15, -0.1) is 0 Å². The summed E-state index contributed by atoms with van der Waals surface area (Å²) in [6, 6.07) is 26.8. The first-order chi connectivity index (χ1) is 19.5. The van der Waals surface area contributed by atoms with E-state index in [4.69, 9.17) is 0 Å². The highest BCUT2D eigenvalue weighted by molar-refractivity contribution is 7.89. The van der Waals surface area contributed by atoms with Gasteiger partial charge in [-0.05, 0) is 55.0 Å². The number of para-hydroxylation sites is 1. The summed E-state index contributed by atoms with van der Waals surface area (Å²) in [4.78, 5) is 18.8. The highest BCUT2D eigenvalue weighted by Gasteiger charge is 2.41. The molecule has 1 atom stereocenters. The number of sulfonamides is 1. The van der Waals surface area contributed by atoms with E-state index in [1.807, 2.05) is 23.1 Å². The number of anilines is 1. The summed E-state index contributed by atoms with van der Waals surface area (Å²) in [7, 11) is -3.74. The number of fused-ring (bicyclic) bond motifs is 1. The molecule has 2 heterocycles. The van der Waals surface area contributed by atoms with E-state index in [9.17, 15) is 13.2 Å². The molecule has 0 aliphatic carbocycles. The van der Waals surface area contributed by atoms with Gasteiger partial charge in [-0.2, -0.15) is 4.31 Å². The van der Waals surface area contributed by atoms with Crippen LogP contribution in [0.25, 0.3) is 0 Å². The van der Waals surface area contributed by atoms with Crippen molar-refractivity contribution in [1.29, 1.82) is 0 Å². The molecule has 5 rings (SSSR count). The van der Waals surface area contributed by atoms with Gasteiger partial charge in [-0.1, -0.05) is 92.4 Å². The van der Waals surface area contributed by atoms with Crippen LogP contribution < -0.4 is 4.90 Å². The molecular weight excluding hydrogens is 518 g/mol. The molecule has 6 nitrogen and oxygen atoms in total. The first kappa shape index (κ1) is 28.4. The average Bonchev–Trinajstić information content (AvgIpc) is 3.49. The van der Waals surface area contributed by atoms with Crippen LogP contribution in [0.5, 0.6) is 0 Å². The van der Waals surface area contributed by atoms with Crippen LogP contribution in [-0.2, 0) is 27.9 Å². The second-order valence-electron chi connectivity index (χ2n) is 11.0. The molecule has 0 spiro atoms.